The lowest BCUT2D eigenvalue weighted by Crippen LogP contribution is -2.33. The Hall–Kier alpha value is -7.23. The molecular weight excluding hydrogens is 1080 g/mol. The molecular formula is C51H58N8O14S4. The second-order valence-electron chi connectivity index (χ2n) is 17.6. The lowest BCUT2D eigenvalue weighted by Gasteiger charge is -2.19. The first-order chi connectivity index (χ1) is 36.8. The summed E-state index contributed by atoms with van der Waals surface area (Å²) in [6, 6.07) is 26.5. The summed E-state index contributed by atoms with van der Waals surface area (Å²) in [5, 5.41) is 29.0. The van der Waals surface area contributed by atoms with Gasteiger partial charge in [0.25, 0.3) is 26.1 Å². The Labute approximate surface area is 450 Å². The number of benzene rings is 5. The Balaban J connectivity index is 0.936. The molecule has 7 rings (SSSR count). The molecule has 77 heavy (non-hydrogen) atoms. The quantitative estimate of drug-likeness (QED) is 0.0144. The zero-order valence-corrected chi connectivity index (χ0v) is 45.4. The number of nitrogens with one attached hydrogen (secondary N) is 3. The van der Waals surface area contributed by atoms with E-state index in [4.69, 9.17) is 22.8 Å². The first-order valence-corrected chi connectivity index (χ1v) is 29.4. The first-order valence-electron chi connectivity index (χ1n) is 24.4. The number of aromatic amines is 1. The van der Waals surface area contributed by atoms with Crippen molar-refractivity contribution in [2.24, 2.45) is 10.2 Å². The molecule has 2 heterocycles. The Morgan fingerprint density at radius 1 is 0.740 bits per heavy atom. The van der Waals surface area contributed by atoms with Crippen molar-refractivity contribution in [3.63, 3.8) is 0 Å². The number of methoxy groups -OCH3 is 1. The van der Waals surface area contributed by atoms with E-state index in [1.807, 2.05) is 24.3 Å². The van der Waals surface area contributed by atoms with Crippen LogP contribution in [0.25, 0.3) is 5.65 Å². The summed E-state index contributed by atoms with van der Waals surface area (Å²) in [5.41, 5.74) is 3.41. The number of aryl methyl sites for hydroxylation is 3. The predicted molar refractivity (Wildman–Crippen MR) is 288 cm³/mol. The largest absolute Gasteiger partial charge is 0.508 e. The Morgan fingerprint density at radius 3 is 2.03 bits per heavy atom. The first kappa shape index (κ1) is 57.5. The van der Waals surface area contributed by atoms with Crippen LogP contribution >= 0.6 is 0 Å². The van der Waals surface area contributed by atoms with Crippen LogP contribution in [0.3, 0.4) is 0 Å². The number of rotatable bonds is 29. The third kappa shape index (κ3) is 16.9. The molecule has 26 heteroatoms. The highest BCUT2D eigenvalue weighted by molar-refractivity contribution is 7.86. The van der Waals surface area contributed by atoms with Gasteiger partial charge in [0.2, 0.25) is 16.7 Å². The van der Waals surface area contributed by atoms with Crippen molar-refractivity contribution in [2.75, 3.05) is 17.1 Å². The van der Waals surface area contributed by atoms with Gasteiger partial charge in [-0.05, 0) is 123 Å². The average molecular weight is 1140 g/mol. The van der Waals surface area contributed by atoms with Gasteiger partial charge in [-0.1, -0.05) is 64.0 Å². The number of phenolic OH excluding ortho intramolecular Hbond substituents is 1. The Kier molecular flexibility index (Phi) is 19.9. The number of ether oxygens (including phenoxy) is 2. The van der Waals surface area contributed by atoms with Crippen molar-refractivity contribution >= 4 is 76.9 Å². The second kappa shape index (κ2) is 26.7. The van der Waals surface area contributed by atoms with Crippen molar-refractivity contribution in [1.29, 1.82) is 0 Å². The lowest BCUT2D eigenvalue weighted by atomic mass is 10.0. The van der Waals surface area contributed by atoms with Crippen LogP contribution in [-0.2, 0) is 60.2 Å². The fraction of sp³-hybridized carbons (Fsp3) is 0.314. The molecule has 0 spiro atoms. The molecule has 0 fully saturated rings. The van der Waals surface area contributed by atoms with Crippen molar-refractivity contribution < 1.29 is 62.1 Å². The third-order valence-electron chi connectivity index (χ3n) is 11.8. The molecule has 0 bridgehead atoms. The normalized spacial score (nSPS) is 13.1. The highest BCUT2D eigenvalue weighted by Gasteiger charge is 2.23. The van der Waals surface area contributed by atoms with Gasteiger partial charge >= 0.3 is 11.3 Å². The smallest absolute Gasteiger partial charge is 0.316 e. The molecule has 22 nitrogen and oxygen atoms in total. The molecule has 5 aromatic carbocycles. The Bertz CT molecular complexity index is 3400. The minimum absolute atomic E-state index is 0.0689. The van der Waals surface area contributed by atoms with Gasteiger partial charge in [-0.3, -0.25) is 23.7 Å². The van der Waals surface area contributed by atoms with Gasteiger partial charge in [0.05, 0.1) is 33.2 Å². The molecule has 1 amide bonds. The molecule has 0 saturated heterocycles. The summed E-state index contributed by atoms with van der Waals surface area (Å²) in [5.74, 6) is 0.856. The molecule has 0 aliphatic carbocycles. The summed E-state index contributed by atoms with van der Waals surface area (Å²) in [7, 11) is -8.47. The monoisotopic (exact) mass is 1130 g/mol. The van der Waals surface area contributed by atoms with Gasteiger partial charge in [-0.15, -0.1) is 15.3 Å². The van der Waals surface area contributed by atoms with E-state index < -0.39 is 64.2 Å². The zero-order chi connectivity index (χ0) is 55.1. The zero-order valence-electron chi connectivity index (χ0n) is 42.2. The average Bonchev–Trinajstić information content (AvgIpc) is 3.95. The molecule has 3 atom stereocenters. The summed E-state index contributed by atoms with van der Waals surface area (Å²) >= 11 is -4.28. The number of azo groups is 1. The minimum Gasteiger partial charge on any atom is -0.508 e. The molecule has 7 aromatic rings. The number of carbonyl (C=O) groups excluding carboxylic acids is 1. The van der Waals surface area contributed by atoms with Gasteiger partial charge in [-0.2, -0.15) is 25.7 Å². The van der Waals surface area contributed by atoms with Crippen LogP contribution in [0.5, 0.6) is 28.7 Å². The van der Waals surface area contributed by atoms with Gasteiger partial charge < -0.3 is 28.3 Å². The number of hydrogen-bond donors (Lipinski definition) is 6. The third-order valence-corrected chi connectivity index (χ3v) is 15.2. The van der Waals surface area contributed by atoms with Gasteiger partial charge in [0.15, 0.2) is 17.6 Å². The minimum atomic E-state index is -4.94. The maximum atomic E-state index is 13.8. The predicted octanol–water partition coefficient (Wildman–Crippen LogP) is 10.3. The van der Waals surface area contributed by atoms with E-state index >= 15 is 0 Å². The molecule has 6 N–H and O–H groups in total. The highest BCUT2D eigenvalue weighted by Crippen LogP contribution is 2.34. The number of anilines is 2. The molecule has 3 unspecified atom stereocenters. The number of hydrogen-bond acceptors (Lipinski definition) is 16. The summed E-state index contributed by atoms with van der Waals surface area (Å²) < 4.78 is 118. The number of fused-ring (bicyclic) bond motifs is 1. The van der Waals surface area contributed by atoms with Crippen LogP contribution in [-0.4, -0.2) is 78.4 Å². The Morgan fingerprint density at radius 2 is 1.38 bits per heavy atom. The molecule has 0 radical (unpaired) electrons. The summed E-state index contributed by atoms with van der Waals surface area (Å²) in [4.78, 5) is 17.0. The van der Waals surface area contributed by atoms with E-state index in [9.17, 15) is 44.3 Å². The van der Waals surface area contributed by atoms with Crippen molar-refractivity contribution in [1.82, 2.24) is 19.8 Å². The number of amides is 1. The number of aromatic hydroxyl groups is 1. The number of aromatic nitrogens is 4. The fourth-order valence-corrected chi connectivity index (χ4v) is 10.3. The number of H-pyrrole nitrogens is 1. The van der Waals surface area contributed by atoms with Crippen LogP contribution in [0, 0.1) is 6.92 Å². The molecule has 0 saturated carbocycles. The topological polar surface area (TPSA) is 312 Å². The van der Waals surface area contributed by atoms with E-state index in [1.54, 1.807) is 31.2 Å². The standard InChI is InChI=1S/C51H58N8O14S4/c1-4-5-6-7-8-9-10-11-14-47(71-39-25-27-42(28-26-39)74(62)72-40-23-21-38(60)22-24-40)51(61)52-36-18-16-35(17-19-36)13-12-15-48-53-50-49(34(2)56-59(50)57-48)55-54-45-30-37(20-29-46(45)70-3)58-75(63)73-41-31-43(76(64,65)66)33-44(32-41)77(67,68)69/h16-33,47,56,58,60H,4-15H2,1-3H3,(H,52,61)(H,64,65,66)(H,67,68,69). The molecule has 410 valence electrons. The molecule has 2 aromatic heterocycles. The number of carbonyl (C=O) groups is 1. The maximum Gasteiger partial charge on any atom is 0.316 e. The summed E-state index contributed by atoms with van der Waals surface area (Å²) in [6.45, 7) is 3.96. The summed E-state index contributed by atoms with van der Waals surface area (Å²) in [6.07, 6.45) is 10.6. The number of nitrogens with zero attached hydrogens (tertiary/aromatic N) is 5. The van der Waals surface area contributed by atoms with E-state index in [2.05, 4.69) is 37.4 Å². The highest BCUT2D eigenvalue weighted by atomic mass is 32.2. The molecule has 0 aliphatic heterocycles. The SMILES string of the molecule is CCCCCCCCCCC(Oc1ccc(S(=O)Oc2ccc(O)cc2)cc1)C(=O)Nc1ccc(CCCc2nc3c(N=Nc4cc(NS(=O)Oc5cc(S(=O)(=O)O)cc(S(=O)(=O)O)c5)ccc4OC)c(C)[nH]n3n2)cc1. The van der Waals surface area contributed by atoms with Gasteiger partial charge in [-0.25, -0.2) is 9.19 Å². The van der Waals surface area contributed by atoms with Crippen LogP contribution < -0.4 is 27.9 Å². The number of unbranched alkanes of at least 4 members (excludes halogenated alkanes) is 7. The van der Waals surface area contributed by atoms with Crippen LogP contribution in [0.2, 0.25) is 0 Å². The van der Waals surface area contributed by atoms with E-state index in [1.165, 1.54) is 79.9 Å². The van der Waals surface area contributed by atoms with E-state index in [-0.39, 0.29) is 28.8 Å². The van der Waals surface area contributed by atoms with Gasteiger partial charge in [0.1, 0.15) is 34.4 Å². The fourth-order valence-electron chi connectivity index (χ4n) is 7.79. The van der Waals surface area contributed by atoms with E-state index in [0.717, 1.165) is 43.4 Å². The molecule has 0 aliphatic rings. The van der Waals surface area contributed by atoms with Crippen molar-refractivity contribution in [3.8, 4) is 28.7 Å². The van der Waals surface area contributed by atoms with Crippen LogP contribution in [0.4, 0.5) is 22.7 Å². The van der Waals surface area contributed by atoms with Gasteiger partial charge in [0, 0.05) is 24.2 Å². The van der Waals surface area contributed by atoms with Crippen molar-refractivity contribution in [2.45, 2.75) is 112 Å². The van der Waals surface area contributed by atoms with E-state index in [0.29, 0.717) is 76.7 Å². The van der Waals surface area contributed by atoms with Crippen LogP contribution in [0.1, 0.15) is 88.2 Å². The van der Waals surface area contributed by atoms with Crippen molar-refractivity contribution in [3.05, 3.63) is 126 Å². The lowest BCUT2D eigenvalue weighted by molar-refractivity contribution is -0.123. The second-order valence-corrected chi connectivity index (χ2v) is 22.4. The maximum absolute atomic E-state index is 13.8. The number of phenols is 1. The van der Waals surface area contributed by atoms with Crippen LogP contribution in [0.15, 0.2) is 134 Å².